The predicted octanol–water partition coefficient (Wildman–Crippen LogP) is 2.97. The number of nitrogens with zero attached hydrogens (tertiary/aromatic N) is 6. The molecular formula is C28H30N6O6. The molecule has 2 aromatic carbocycles. The minimum absolute atomic E-state index is 0.448. The Balaban J connectivity index is 0.000000161. The van der Waals surface area contributed by atoms with Crippen LogP contribution >= 0.6 is 0 Å². The number of rotatable bonds is 8. The van der Waals surface area contributed by atoms with Crippen molar-refractivity contribution in [2.75, 3.05) is 14.2 Å². The molecule has 2 N–H and O–H groups in total. The van der Waals surface area contributed by atoms with E-state index in [0.29, 0.717) is 23.2 Å². The summed E-state index contributed by atoms with van der Waals surface area (Å²) in [5.74, 6) is -1.34. The Morgan fingerprint density at radius 1 is 0.700 bits per heavy atom. The van der Waals surface area contributed by atoms with Crippen molar-refractivity contribution in [3.05, 3.63) is 72.1 Å². The third-order valence-corrected chi connectivity index (χ3v) is 6.66. The maximum atomic E-state index is 11.3. The number of benzene rings is 2. The molecule has 2 saturated carbocycles. The summed E-state index contributed by atoms with van der Waals surface area (Å²) >= 11 is 0. The van der Waals surface area contributed by atoms with Crippen molar-refractivity contribution < 1.29 is 29.3 Å². The predicted molar refractivity (Wildman–Crippen MR) is 141 cm³/mol. The average molecular weight is 547 g/mol. The topological polar surface area (TPSA) is 154 Å². The van der Waals surface area contributed by atoms with E-state index in [1.165, 1.54) is 14.2 Å². The summed E-state index contributed by atoms with van der Waals surface area (Å²) in [6.07, 6.45) is 5.49. The van der Waals surface area contributed by atoms with Crippen LogP contribution < -0.4 is 0 Å². The number of aliphatic hydroxyl groups excluding tert-OH is 2. The summed E-state index contributed by atoms with van der Waals surface area (Å²) in [5.41, 5.74) is 4.37. The highest BCUT2D eigenvalue weighted by molar-refractivity contribution is 5.77. The summed E-state index contributed by atoms with van der Waals surface area (Å²) in [4.78, 5) is 26.0. The van der Waals surface area contributed by atoms with Gasteiger partial charge in [-0.3, -0.25) is 0 Å². The molecule has 0 amide bonds. The number of carbonyl (C=O) groups is 2. The number of carbonyl (C=O) groups excluding carboxylic acids is 2. The molecule has 0 spiro atoms. The van der Waals surface area contributed by atoms with E-state index in [0.717, 1.165) is 48.2 Å². The molecule has 2 unspecified atom stereocenters. The standard InChI is InChI=1S/2C14H15N3O3/c2*1-20-14(19)13(18)10-4-2-9(3-5-10)12-8-15-17(16-12)11-6-7-11/h2*2-5,8,11,13,18H,6-7H2,1H3. The van der Waals surface area contributed by atoms with Crippen molar-refractivity contribution in [1.29, 1.82) is 0 Å². The minimum atomic E-state index is -1.25. The lowest BCUT2D eigenvalue weighted by Gasteiger charge is -2.08. The molecule has 12 nitrogen and oxygen atoms in total. The quantitative estimate of drug-likeness (QED) is 0.315. The van der Waals surface area contributed by atoms with Crippen LogP contribution in [0.3, 0.4) is 0 Å². The summed E-state index contributed by atoms with van der Waals surface area (Å²) in [7, 11) is 2.49. The van der Waals surface area contributed by atoms with E-state index in [2.05, 4.69) is 29.9 Å². The lowest BCUT2D eigenvalue weighted by atomic mass is 10.1. The molecule has 40 heavy (non-hydrogen) atoms. The van der Waals surface area contributed by atoms with Gasteiger partial charge in [0, 0.05) is 11.1 Å². The molecule has 0 aliphatic heterocycles. The number of ether oxygens (including phenoxy) is 2. The van der Waals surface area contributed by atoms with Gasteiger partial charge in [-0.1, -0.05) is 48.5 Å². The summed E-state index contributed by atoms with van der Waals surface area (Å²) < 4.78 is 9.01. The van der Waals surface area contributed by atoms with Crippen LogP contribution in [0.2, 0.25) is 0 Å². The van der Waals surface area contributed by atoms with Gasteiger partial charge in [0.25, 0.3) is 0 Å². The zero-order chi connectivity index (χ0) is 28.2. The largest absolute Gasteiger partial charge is 0.467 e. The maximum absolute atomic E-state index is 11.3. The molecule has 2 heterocycles. The van der Waals surface area contributed by atoms with Crippen LogP contribution in [0.5, 0.6) is 0 Å². The van der Waals surface area contributed by atoms with E-state index < -0.39 is 24.1 Å². The molecule has 208 valence electrons. The van der Waals surface area contributed by atoms with Gasteiger partial charge in [0.15, 0.2) is 12.2 Å². The molecule has 6 rings (SSSR count). The highest BCUT2D eigenvalue weighted by Gasteiger charge is 2.27. The van der Waals surface area contributed by atoms with Crippen LogP contribution in [0.4, 0.5) is 0 Å². The van der Waals surface area contributed by atoms with Gasteiger partial charge in [-0.2, -0.15) is 30.0 Å². The highest BCUT2D eigenvalue weighted by Crippen LogP contribution is 2.34. The van der Waals surface area contributed by atoms with E-state index in [1.54, 1.807) is 46.3 Å². The fourth-order valence-electron chi connectivity index (χ4n) is 3.95. The molecule has 2 fully saturated rings. The van der Waals surface area contributed by atoms with Gasteiger partial charge in [0.05, 0.1) is 38.7 Å². The Hall–Kier alpha value is -4.42. The fraction of sp³-hybridized carbons (Fsp3) is 0.357. The Morgan fingerprint density at radius 3 is 1.35 bits per heavy atom. The second-order valence-electron chi connectivity index (χ2n) is 9.66. The van der Waals surface area contributed by atoms with Crippen LogP contribution in [0, 0.1) is 0 Å². The van der Waals surface area contributed by atoms with Gasteiger partial charge in [0.2, 0.25) is 0 Å². The van der Waals surface area contributed by atoms with E-state index in [1.807, 2.05) is 24.3 Å². The van der Waals surface area contributed by atoms with Crippen molar-refractivity contribution in [2.45, 2.75) is 50.0 Å². The Kier molecular flexibility index (Phi) is 7.99. The zero-order valence-corrected chi connectivity index (χ0v) is 22.1. The monoisotopic (exact) mass is 546 g/mol. The Labute approximate surface area is 230 Å². The van der Waals surface area contributed by atoms with Crippen LogP contribution in [0.15, 0.2) is 60.9 Å². The average Bonchev–Trinajstić information content (AvgIpc) is 3.94. The number of methoxy groups -OCH3 is 2. The summed E-state index contributed by atoms with van der Waals surface area (Å²) in [5, 5.41) is 36.8. The SMILES string of the molecule is COC(=O)C(O)c1ccc(-c2cnn(C3CC3)n2)cc1.COC(=O)C(O)c1ccc(-c2cnn(C3CC3)n2)cc1. The third-order valence-electron chi connectivity index (χ3n) is 6.66. The second kappa shape index (κ2) is 11.8. The van der Waals surface area contributed by atoms with Crippen LogP contribution in [0.1, 0.15) is 61.1 Å². The van der Waals surface area contributed by atoms with Gasteiger partial charge in [-0.05, 0) is 36.8 Å². The first-order chi connectivity index (χ1) is 19.4. The highest BCUT2D eigenvalue weighted by atomic mass is 16.5. The van der Waals surface area contributed by atoms with Crippen LogP contribution in [-0.2, 0) is 19.1 Å². The van der Waals surface area contributed by atoms with Crippen molar-refractivity contribution in [3.8, 4) is 22.5 Å². The number of esters is 2. The first kappa shape index (κ1) is 27.2. The van der Waals surface area contributed by atoms with Crippen molar-refractivity contribution in [1.82, 2.24) is 30.0 Å². The molecule has 0 bridgehead atoms. The van der Waals surface area contributed by atoms with Gasteiger partial charge in [-0.15, -0.1) is 0 Å². The van der Waals surface area contributed by atoms with E-state index >= 15 is 0 Å². The normalized spacial score (nSPS) is 15.9. The zero-order valence-electron chi connectivity index (χ0n) is 22.1. The molecule has 0 radical (unpaired) electrons. The summed E-state index contributed by atoms with van der Waals surface area (Å²) in [6, 6.07) is 14.9. The third kappa shape index (κ3) is 6.24. The summed E-state index contributed by atoms with van der Waals surface area (Å²) in [6.45, 7) is 0. The number of hydrogen-bond acceptors (Lipinski definition) is 10. The molecule has 0 saturated heterocycles. The van der Waals surface area contributed by atoms with E-state index in [-0.39, 0.29) is 0 Å². The molecule has 2 aliphatic rings. The van der Waals surface area contributed by atoms with Gasteiger partial charge in [-0.25, -0.2) is 9.59 Å². The molecule has 4 aromatic rings. The van der Waals surface area contributed by atoms with Crippen molar-refractivity contribution >= 4 is 11.9 Å². The molecular weight excluding hydrogens is 516 g/mol. The Morgan fingerprint density at radius 2 is 1.05 bits per heavy atom. The van der Waals surface area contributed by atoms with Crippen molar-refractivity contribution in [2.24, 2.45) is 0 Å². The molecule has 2 aromatic heterocycles. The van der Waals surface area contributed by atoms with E-state index in [9.17, 15) is 19.8 Å². The lowest BCUT2D eigenvalue weighted by Crippen LogP contribution is -2.13. The molecule has 12 heteroatoms. The number of aromatic nitrogens is 6. The molecule has 2 atom stereocenters. The first-order valence-corrected chi connectivity index (χ1v) is 12.9. The Bertz CT molecular complexity index is 1350. The van der Waals surface area contributed by atoms with Crippen molar-refractivity contribution in [3.63, 3.8) is 0 Å². The lowest BCUT2D eigenvalue weighted by molar-refractivity contribution is -0.151. The van der Waals surface area contributed by atoms with Gasteiger partial charge >= 0.3 is 11.9 Å². The first-order valence-electron chi connectivity index (χ1n) is 12.9. The fourth-order valence-corrected chi connectivity index (χ4v) is 3.95. The van der Waals surface area contributed by atoms with Gasteiger partial charge in [0.1, 0.15) is 11.4 Å². The minimum Gasteiger partial charge on any atom is -0.467 e. The molecule has 2 aliphatic carbocycles. The smallest absolute Gasteiger partial charge is 0.339 e. The number of hydrogen-bond donors (Lipinski definition) is 2. The maximum Gasteiger partial charge on any atom is 0.339 e. The number of aliphatic hydroxyl groups is 2. The van der Waals surface area contributed by atoms with E-state index in [4.69, 9.17) is 0 Å². The van der Waals surface area contributed by atoms with Gasteiger partial charge < -0.3 is 19.7 Å². The second-order valence-corrected chi connectivity index (χ2v) is 9.66. The van der Waals surface area contributed by atoms with Crippen LogP contribution in [0.25, 0.3) is 22.5 Å². The van der Waals surface area contributed by atoms with Crippen LogP contribution in [-0.4, -0.2) is 66.4 Å².